The highest BCUT2D eigenvalue weighted by Crippen LogP contribution is 2.24. The van der Waals surface area contributed by atoms with Crippen molar-refractivity contribution in [2.24, 2.45) is 0 Å². The summed E-state index contributed by atoms with van der Waals surface area (Å²) < 4.78 is 11.6. The van der Waals surface area contributed by atoms with Crippen molar-refractivity contribution in [3.63, 3.8) is 0 Å². The summed E-state index contributed by atoms with van der Waals surface area (Å²) in [5.41, 5.74) is 1.33. The van der Waals surface area contributed by atoms with E-state index in [-0.39, 0.29) is 18.3 Å². The predicted octanol–water partition coefficient (Wildman–Crippen LogP) is 3.82. The van der Waals surface area contributed by atoms with Gasteiger partial charge in [0, 0.05) is 29.7 Å². The van der Waals surface area contributed by atoms with Gasteiger partial charge in [-0.2, -0.15) is 0 Å². The van der Waals surface area contributed by atoms with Crippen LogP contribution in [0.25, 0.3) is 6.08 Å². The maximum atomic E-state index is 12.3. The highest BCUT2D eigenvalue weighted by Gasteiger charge is 2.07. The summed E-state index contributed by atoms with van der Waals surface area (Å²) in [7, 11) is 4.92. The van der Waals surface area contributed by atoms with Crippen LogP contribution in [0, 0.1) is 0 Å². The Kier molecular flexibility index (Phi) is 6.97. The molecule has 0 aliphatic heterocycles. The second-order valence-electron chi connectivity index (χ2n) is 5.69. The molecule has 5 nitrogen and oxygen atoms in total. The molecule has 2 aromatic carbocycles. The number of hydrogen-bond acceptors (Lipinski definition) is 4. The molecule has 0 aliphatic rings. The first kappa shape index (κ1) is 19.7. The monoisotopic (exact) mass is 417 g/mol. The summed E-state index contributed by atoms with van der Waals surface area (Å²) in [5, 5.41) is 0. The molecule has 0 saturated heterocycles. The number of hydrogen-bond donors (Lipinski definition) is 0. The van der Waals surface area contributed by atoms with Gasteiger partial charge in [0.1, 0.15) is 11.5 Å². The maximum absolute atomic E-state index is 12.3. The third-order valence-corrected chi connectivity index (χ3v) is 4.10. The van der Waals surface area contributed by atoms with Crippen LogP contribution in [-0.2, 0) is 4.79 Å². The van der Waals surface area contributed by atoms with E-state index in [9.17, 15) is 9.59 Å². The van der Waals surface area contributed by atoms with Crippen molar-refractivity contribution < 1.29 is 19.1 Å². The van der Waals surface area contributed by atoms with E-state index in [4.69, 9.17) is 9.47 Å². The Morgan fingerprint density at radius 3 is 2.42 bits per heavy atom. The Bertz CT molecular complexity index is 813. The molecule has 0 fully saturated rings. The summed E-state index contributed by atoms with van der Waals surface area (Å²) in [6, 6.07) is 12.3. The van der Waals surface area contributed by atoms with Crippen LogP contribution in [0.15, 0.2) is 53.0 Å². The van der Waals surface area contributed by atoms with Crippen LogP contribution in [0.5, 0.6) is 11.5 Å². The normalized spacial score (nSPS) is 10.6. The Labute approximate surface area is 161 Å². The molecule has 0 bridgehead atoms. The smallest absolute Gasteiger partial charge is 0.259 e. The van der Waals surface area contributed by atoms with E-state index in [1.807, 2.05) is 18.2 Å². The van der Waals surface area contributed by atoms with Crippen molar-refractivity contribution in [3.05, 3.63) is 64.1 Å². The van der Waals surface area contributed by atoms with Crippen molar-refractivity contribution in [3.8, 4) is 11.5 Å². The topological polar surface area (TPSA) is 55.8 Å². The van der Waals surface area contributed by atoms with Gasteiger partial charge in [0.05, 0.1) is 7.11 Å². The van der Waals surface area contributed by atoms with Gasteiger partial charge in [-0.3, -0.25) is 9.59 Å². The third-order valence-electron chi connectivity index (χ3n) is 3.61. The van der Waals surface area contributed by atoms with Crippen molar-refractivity contribution in [1.82, 2.24) is 4.90 Å². The second kappa shape index (κ2) is 9.20. The molecule has 26 heavy (non-hydrogen) atoms. The first-order valence-corrected chi connectivity index (χ1v) is 8.69. The molecular formula is C20H20BrNO4. The van der Waals surface area contributed by atoms with Gasteiger partial charge in [-0.15, -0.1) is 0 Å². The lowest BCUT2D eigenvalue weighted by Gasteiger charge is -2.11. The van der Waals surface area contributed by atoms with Gasteiger partial charge in [0.2, 0.25) is 0 Å². The lowest BCUT2D eigenvalue weighted by Crippen LogP contribution is -2.27. The quantitative estimate of drug-likeness (QED) is 0.507. The van der Waals surface area contributed by atoms with Gasteiger partial charge in [0.15, 0.2) is 12.4 Å². The summed E-state index contributed by atoms with van der Waals surface area (Å²) >= 11 is 3.40. The summed E-state index contributed by atoms with van der Waals surface area (Å²) in [6.07, 6.45) is 3.21. The predicted molar refractivity (Wildman–Crippen MR) is 105 cm³/mol. The van der Waals surface area contributed by atoms with E-state index in [1.54, 1.807) is 51.5 Å². The number of allylic oxidation sites excluding steroid dienone is 1. The van der Waals surface area contributed by atoms with E-state index in [1.165, 1.54) is 11.0 Å². The zero-order chi connectivity index (χ0) is 19.1. The number of nitrogens with zero attached hydrogens (tertiary/aromatic N) is 1. The lowest BCUT2D eigenvalue weighted by molar-refractivity contribution is -0.130. The Morgan fingerprint density at radius 1 is 1.12 bits per heavy atom. The molecule has 0 radical (unpaired) electrons. The number of benzene rings is 2. The van der Waals surface area contributed by atoms with Gasteiger partial charge in [-0.25, -0.2) is 0 Å². The number of carbonyl (C=O) groups excluding carboxylic acids is 2. The van der Waals surface area contributed by atoms with E-state index in [2.05, 4.69) is 15.9 Å². The number of ketones is 1. The van der Waals surface area contributed by atoms with Gasteiger partial charge >= 0.3 is 0 Å². The van der Waals surface area contributed by atoms with Crippen LogP contribution in [0.2, 0.25) is 0 Å². The minimum Gasteiger partial charge on any atom is -0.496 e. The Balaban J connectivity index is 2.04. The Morgan fingerprint density at radius 2 is 1.81 bits per heavy atom. The van der Waals surface area contributed by atoms with E-state index in [0.29, 0.717) is 17.1 Å². The van der Waals surface area contributed by atoms with E-state index < -0.39 is 0 Å². The number of likely N-dealkylation sites (N-methyl/N-ethyl adjacent to an activating group) is 1. The van der Waals surface area contributed by atoms with Crippen LogP contribution in [0.1, 0.15) is 15.9 Å². The zero-order valence-electron chi connectivity index (χ0n) is 14.9. The molecule has 1 amide bonds. The van der Waals surface area contributed by atoms with Gasteiger partial charge in [-0.1, -0.05) is 15.9 Å². The molecule has 0 unspecified atom stereocenters. The molecular weight excluding hydrogens is 398 g/mol. The minimum absolute atomic E-state index is 0.0388. The molecule has 0 N–H and O–H groups in total. The maximum Gasteiger partial charge on any atom is 0.259 e. The summed E-state index contributed by atoms with van der Waals surface area (Å²) in [4.78, 5) is 25.3. The van der Waals surface area contributed by atoms with Crippen LogP contribution in [0.4, 0.5) is 0 Å². The second-order valence-corrected chi connectivity index (χ2v) is 6.60. The van der Waals surface area contributed by atoms with Gasteiger partial charge < -0.3 is 14.4 Å². The fraction of sp³-hybridized carbons (Fsp3) is 0.200. The molecule has 6 heteroatoms. The first-order valence-electron chi connectivity index (χ1n) is 7.89. The third kappa shape index (κ3) is 5.46. The molecule has 0 aromatic heterocycles. The van der Waals surface area contributed by atoms with Crippen molar-refractivity contribution in [2.45, 2.75) is 0 Å². The first-order chi connectivity index (χ1) is 12.4. The molecule has 0 heterocycles. The summed E-state index contributed by atoms with van der Waals surface area (Å²) in [5.74, 6) is 0.958. The number of amides is 1. The molecule has 2 aromatic rings. The largest absolute Gasteiger partial charge is 0.496 e. The van der Waals surface area contributed by atoms with Crippen LogP contribution < -0.4 is 9.47 Å². The number of rotatable bonds is 7. The number of halogens is 1. The average Bonchev–Trinajstić information content (AvgIpc) is 2.64. The molecule has 136 valence electrons. The van der Waals surface area contributed by atoms with Crippen LogP contribution in [0.3, 0.4) is 0 Å². The molecule has 0 spiro atoms. The SMILES string of the molecule is COc1ccc(Br)cc1/C=C/C(=O)c1ccc(OCC(=O)N(C)C)cc1. The number of methoxy groups -OCH3 is 1. The van der Waals surface area contributed by atoms with Gasteiger partial charge in [0.25, 0.3) is 5.91 Å². The van der Waals surface area contributed by atoms with Crippen molar-refractivity contribution in [2.75, 3.05) is 27.8 Å². The minimum atomic E-state index is -0.136. The molecule has 2 rings (SSSR count). The molecule has 0 saturated carbocycles. The van der Waals surface area contributed by atoms with Crippen molar-refractivity contribution >= 4 is 33.7 Å². The average molecular weight is 418 g/mol. The van der Waals surface area contributed by atoms with Crippen molar-refractivity contribution in [1.29, 1.82) is 0 Å². The molecule has 0 aliphatic carbocycles. The Hall–Kier alpha value is -2.60. The van der Waals surface area contributed by atoms with E-state index >= 15 is 0 Å². The standard InChI is InChI=1S/C20H20BrNO4/c1-22(2)20(24)13-26-17-8-4-14(5-9-17)18(23)10-6-15-12-16(21)7-11-19(15)25-3/h4-12H,13H2,1-3H3/b10-6+. The van der Waals surface area contributed by atoms with E-state index in [0.717, 1.165) is 10.0 Å². The fourth-order valence-corrected chi connectivity index (χ4v) is 2.47. The van der Waals surface area contributed by atoms with Gasteiger partial charge in [-0.05, 0) is 54.6 Å². The number of carbonyl (C=O) groups is 2. The number of ether oxygens (including phenoxy) is 2. The fourth-order valence-electron chi connectivity index (χ4n) is 2.09. The zero-order valence-corrected chi connectivity index (χ0v) is 16.4. The molecule has 0 atom stereocenters. The lowest BCUT2D eigenvalue weighted by atomic mass is 10.1. The van der Waals surface area contributed by atoms with Crippen LogP contribution >= 0.6 is 15.9 Å². The highest BCUT2D eigenvalue weighted by molar-refractivity contribution is 9.10. The van der Waals surface area contributed by atoms with Crippen LogP contribution in [-0.4, -0.2) is 44.4 Å². The summed E-state index contributed by atoms with van der Waals surface area (Å²) in [6.45, 7) is -0.0388. The highest BCUT2D eigenvalue weighted by atomic mass is 79.9.